The molecule has 0 bridgehead atoms. The predicted molar refractivity (Wildman–Crippen MR) is 127 cm³/mol. The summed E-state index contributed by atoms with van der Waals surface area (Å²) in [4.78, 5) is 29.4. The number of carbonyl (C=O) groups excluding carboxylic acids is 1. The SMILES string of the molecule is Cc1ccc(-c2sc(NC(=O)C3CCCC3)nc2C)cc1S(=O)(=O)N1CCCC(C(=O)O)C1. The van der Waals surface area contributed by atoms with Crippen LogP contribution < -0.4 is 5.32 Å². The minimum atomic E-state index is -3.84. The largest absolute Gasteiger partial charge is 0.481 e. The van der Waals surface area contributed by atoms with Crippen molar-refractivity contribution >= 4 is 38.4 Å². The van der Waals surface area contributed by atoms with Gasteiger partial charge >= 0.3 is 5.97 Å². The second-order valence-corrected chi connectivity index (χ2v) is 11.8. The van der Waals surface area contributed by atoms with E-state index in [0.29, 0.717) is 35.6 Å². The summed E-state index contributed by atoms with van der Waals surface area (Å²) in [5.74, 6) is -1.62. The normalized spacial score (nSPS) is 20.1. The zero-order valence-electron chi connectivity index (χ0n) is 18.8. The molecule has 1 saturated carbocycles. The highest BCUT2D eigenvalue weighted by Gasteiger charge is 2.34. The number of piperidine rings is 1. The molecule has 4 rings (SSSR count). The van der Waals surface area contributed by atoms with Gasteiger partial charge in [0.2, 0.25) is 15.9 Å². The second kappa shape index (κ2) is 9.52. The van der Waals surface area contributed by atoms with Gasteiger partial charge in [-0.3, -0.25) is 9.59 Å². The van der Waals surface area contributed by atoms with Crippen LogP contribution in [0.3, 0.4) is 0 Å². The Labute approximate surface area is 198 Å². The first kappa shape index (κ1) is 23.8. The van der Waals surface area contributed by atoms with Gasteiger partial charge in [-0.05, 0) is 56.7 Å². The molecule has 2 N–H and O–H groups in total. The average molecular weight is 492 g/mol. The fourth-order valence-corrected chi connectivity index (χ4v) is 7.37. The quantitative estimate of drug-likeness (QED) is 0.630. The van der Waals surface area contributed by atoms with Crippen molar-refractivity contribution in [3.05, 3.63) is 29.5 Å². The van der Waals surface area contributed by atoms with Crippen LogP contribution in [0.25, 0.3) is 10.4 Å². The van der Waals surface area contributed by atoms with Gasteiger partial charge < -0.3 is 10.4 Å². The number of aryl methyl sites for hydroxylation is 2. The van der Waals surface area contributed by atoms with Crippen LogP contribution >= 0.6 is 11.3 Å². The van der Waals surface area contributed by atoms with E-state index in [1.54, 1.807) is 19.1 Å². The molecule has 2 aliphatic rings. The molecule has 178 valence electrons. The first-order chi connectivity index (χ1) is 15.7. The molecule has 1 aliphatic heterocycles. The molecule has 1 saturated heterocycles. The number of rotatable bonds is 6. The zero-order chi connectivity index (χ0) is 23.8. The predicted octanol–water partition coefficient (Wildman–Crippen LogP) is 4.04. The number of benzene rings is 1. The highest BCUT2D eigenvalue weighted by Crippen LogP contribution is 2.36. The summed E-state index contributed by atoms with van der Waals surface area (Å²) in [6.45, 7) is 3.88. The minimum absolute atomic E-state index is 0.00180. The lowest BCUT2D eigenvalue weighted by Gasteiger charge is -2.30. The van der Waals surface area contributed by atoms with E-state index in [4.69, 9.17) is 0 Å². The molecule has 1 aromatic heterocycles. The number of amides is 1. The minimum Gasteiger partial charge on any atom is -0.481 e. The number of sulfonamides is 1. The Morgan fingerprint density at radius 3 is 2.52 bits per heavy atom. The van der Waals surface area contributed by atoms with Crippen LogP contribution in [0.4, 0.5) is 5.13 Å². The van der Waals surface area contributed by atoms with E-state index in [1.807, 2.05) is 13.0 Å². The number of aliphatic carboxylic acids is 1. The van der Waals surface area contributed by atoms with Crippen LogP contribution in [0, 0.1) is 25.7 Å². The van der Waals surface area contributed by atoms with Crippen molar-refractivity contribution in [2.24, 2.45) is 11.8 Å². The Balaban J connectivity index is 1.60. The summed E-state index contributed by atoms with van der Waals surface area (Å²) < 4.78 is 28.1. The number of anilines is 1. The molecule has 2 heterocycles. The smallest absolute Gasteiger partial charge is 0.307 e. The average Bonchev–Trinajstić information content (AvgIpc) is 3.44. The van der Waals surface area contributed by atoms with Gasteiger partial charge in [-0.25, -0.2) is 13.4 Å². The van der Waals surface area contributed by atoms with Crippen LogP contribution in [0.5, 0.6) is 0 Å². The number of carboxylic acids is 1. The number of aromatic nitrogens is 1. The zero-order valence-corrected chi connectivity index (χ0v) is 20.5. The summed E-state index contributed by atoms with van der Waals surface area (Å²) >= 11 is 1.34. The van der Waals surface area contributed by atoms with Crippen molar-refractivity contribution in [3.8, 4) is 10.4 Å². The third-order valence-electron chi connectivity index (χ3n) is 6.55. The molecule has 0 spiro atoms. The Bertz CT molecular complexity index is 1170. The summed E-state index contributed by atoms with van der Waals surface area (Å²) in [5, 5.41) is 12.8. The molecule has 1 amide bonds. The van der Waals surface area contributed by atoms with Gasteiger partial charge in [0.15, 0.2) is 5.13 Å². The number of hydrogen-bond donors (Lipinski definition) is 2. The first-order valence-electron chi connectivity index (χ1n) is 11.3. The maximum atomic E-state index is 13.4. The van der Waals surface area contributed by atoms with E-state index >= 15 is 0 Å². The van der Waals surface area contributed by atoms with Crippen molar-refractivity contribution in [2.45, 2.75) is 57.3 Å². The third-order valence-corrected chi connectivity index (χ3v) is 9.68. The number of nitrogens with one attached hydrogen (secondary N) is 1. The Morgan fingerprint density at radius 1 is 1.12 bits per heavy atom. The Hall–Kier alpha value is -2.30. The van der Waals surface area contributed by atoms with Gasteiger partial charge in [-0.2, -0.15) is 4.31 Å². The lowest BCUT2D eigenvalue weighted by atomic mass is 10.0. The fraction of sp³-hybridized carbons (Fsp3) is 0.522. The van der Waals surface area contributed by atoms with E-state index in [2.05, 4.69) is 10.3 Å². The molecule has 10 heteroatoms. The lowest BCUT2D eigenvalue weighted by Crippen LogP contribution is -2.42. The van der Waals surface area contributed by atoms with Crippen molar-refractivity contribution < 1.29 is 23.1 Å². The number of carbonyl (C=O) groups is 2. The van der Waals surface area contributed by atoms with E-state index in [9.17, 15) is 23.1 Å². The van der Waals surface area contributed by atoms with Crippen molar-refractivity contribution in [2.75, 3.05) is 18.4 Å². The van der Waals surface area contributed by atoms with Gasteiger partial charge in [0, 0.05) is 19.0 Å². The first-order valence-corrected chi connectivity index (χ1v) is 13.5. The summed E-state index contributed by atoms with van der Waals surface area (Å²) in [5.41, 5.74) is 2.04. The van der Waals surface area contributed by atoms with Gasteiger partial charge in [-0.15, -0.1) is 0 Å². The Kier molecular flexibility index (Phi) is 6.88. The highest BCUT2D eigenvalue weighted by molar-refractivity contribution is 7.89. The number of carboxylic acid groups (broad SMARTS) is 1. The molecular weight excluding hydrogens is 462 g/mol. The molecule has 1 aromatic carbocycles. The van der Waals surface area contributed by atoms with Crippen LogP contribution in [-0.2, 0) is 19.6 Å². The Morgan fingerprint density at radius 2 is 1.82 bits per heavy atom. The summed E-state index contributed by atoms with van der Waals surface area (Å²) in [6, 6.07) is 5.25. The molecular formula is C23H29N3O5S2. The van der Waals surface area contributed by atoms with Gasteiger partial charge in [0.05, 0.1) is 21.4 Å². The molecule has 1 atom stereocenters. The maximum Gasteiger partial charge on any atom is 0.307 e. The summed E-state index contributed by atoms with van der Waals surface area (Å²) in [7, 11) is -3.84. The standard InChI is InChI=1S/C23H29N3O5S2/c1-14-9-10-17(12-19(14)33(30,31)26-11-5-8-18(13-26)22(28)29)20-15(2)24-23(32-20)25-21(27)16-6-3-4-7-16/h9-10,12,16,18H,3-8,11,13H2,1-2H3,(H,28,29)(H,24,25,27). The molecule has 33 heavy (non-hydrogen) atoms. The topological polar surface area (TPSA) is 117 Å². The maximum absolute atomic E-state index is 13.4. The molecule has 2 aromatic rings. The molecule has 1 aliphatic carbocycles. The third kappa shape index (κ3) is 4.97. The molecule has 2 fully saturated rings. The van der Waals surface area contributed by atoms with E-state index in [-0.39, 0.29) is 23.3 Å². The second-order valence-electron chi connectivity index (χ2n) is 8.92. The summed E-state index contributed by atoms with van der Waals surface area (Å²) in [6.07, 6.45) is 4.96. The van der Waals surface area contributed by atoms with Gasteiger partial charge in [0.1, 0.15) is 0 Å². The number of thiazole rings is 1. The van der Waals surface area contributed by atoms with Crippen LogP contribution in [-0.4, -0.2) is 47.8 Å². The fourth-order valence-electron chi connectivity index (χ4n) is 4.63. The highest BCUT2D eigenvalue weighted by atomic mass is 32.2. The molecule has 0 radical (unpaired) electrons. The molecule has 1 unspecified atom stereocenters. The lowest BCUT2D eigenvalue weighted by molar-refractivity contribution is -0.142. The molecule has 8 nitrogen and oxygen atoms in total. The van der Waals surface area contributed by atoms with Gasteiger partial charge in [0.25, 0.3) is 0 Å². The van der Waals surface area contributed by atoms with Crippen LogP contribution in [0.1, 0.15) is 49.8 Å². The van der Waals surface area contributed by atoms with Gasteiger partial charge in [-0.1, -0.05) is 36.3 Å². The van der Waals surface area contributed by atoms with Crippen molar-refractivity contribution in [1.29, 1.82) is 0 Å². The number of nitrogens with zero attached hydrogens (tertiary/aromatic N) is 2. The van der Waals surface area contributed by atoms with E-state index in [1.165, 1.54) is 15.6 Å². The number of hydrogen-bond acceptors (Lipinski definition) is 6. The monoisotopic (exact) mass is 491 g/mol. The van der Waals surface area contributed by atoms with Crippen LogP contribution in [0.15, 0.2) is 23.1 Å². The van der Waals surface area contributed by atoms with Crippen LogP contribution in [0.2, 0.25) is 0 Å². The van der Waals surface area contributed by atoms with E-state index in [0.717, 1.165) is 36.3 Å². The van der Waals surface area contributed by atoms with E-state index < -0.39 is 21.9 Å². The van der Waals surface area contributed by atoms with Crippen molar-refractivity contribution in [3.63, 3.8) is 0 Å². The van der Waals surface area contributed by atoms with Crippen molar-refractivity contribution in [1.82, 2.24) is 9.29 Å².